The predicted molar refractivity (Wildman–Crippen MR) is 85.5 cm³/mol. The van der Waals surface area contributed by atoms with Crippen LogP contribution in [0.5, 0.6) is 0 Å². The zero-order valence-corrected chi connectivity index (χ0v) is 13.4. The van der Waals surface area contributed by atoms with Gasteiger partial charge in [0.2, 0.25) is 0 Å². The highest BCUT2D eigenvalue weighted by atomic mass is 35.5. The van der Waals surface area contributed by atoms with Crippen molar-refractivity contribution < 1.29 is 5.11 Å². The average Bonchev–Trinajstić information content (AvgIpc) is 3.17. The van der Waals surface area contributed by atoms with Crippen LogP contribution in [0.2, 0.25) is 5.02 Å². The summed E-state index contributed by atoms with van der Waals surface area (Å²) >= 11 is 6.41. The molecule has 0 spiro atoms. The van der Waals surface area contributed by atoms with Crippen LogP contribution in [-0.2, 0) is 6.54 Å². The monoisotopic (exact) mass is 296 g/mol. The van der Waals surface area contributed by atoms with Crippen LogP contribution in [0.4, 0.5) is 5.69 Å². The average molecular weight is 297 g/mol. The number of anilines is 1. The van der Waals surface area contributed by atoms with Crippen molar-refractivity contribution in [3.63, 3.8) is 0 Å². The Kier molecular flexibility index (Phi) is 4.95. The Balaban J connectivity index is 2.21. The van der Waals surface area contributed by atoms with E-state index in [4.69, 9.17) is 11.6 Å². The molecule has 0 heterocycles. The van der Waals surface area contributed by atoms with Gasteiger partial charge in [0.05, 0.1) is 16.3 Å². The number of rotatable bonds is 7. The molecule has 0 saturated heterocycles. The van der Waals surface area contributed by atoms with Gasteiger partial charge in [0.25, 0.3) is 0 Å². The zero-order valence-electron chi connectivity index (χ0n) is 12.6. The summed E-state index contributed by atoms with van der Waals surface area (Å²) in [5, 5.41) is 14.4. The van der Waals surface area contributed by atoms with Gasteiger partial charge in [-0.1, -0.05) is 23.7 Å². The third kappa shape index (κ3) is 4.37. The zero-order chi connectivity index (χ0) is 14.8. The minimum Gasteiger partial charge on any atom is -0.389 e. The van der Waals surface area contributed by atoms with E-state index in [0.29, 0.717) is 12.6 Å². The first-order chi connectivity index (χ1) is 9.40. The molecule has 1 aliphatic rings. The summed E-state index contributed by atoms with van der Waals surface area (Å²) in [6, 6.07) is 6.70. The van der Waals surface area contributed by atoms with E-state index in [1.54, 1.807) is 0 Å². The summed E-state index contributed by atoms with van der Waals surface area (Å²) < 4.78 is 0. The van der Waals surface area contributed by atoms with Crippen molar-refractivity contribution in [2.24, 2.45) is 0 Å². The van der Waals surface area contributed by atoms with E-state index in [1.165, 1.54) is 18.4 Å². The summed E-state index contributed by atoms with van der Waals surface area (Å²) in [4.78, 5) is 2.16. The maximum absolute atomic E-state index is 10.1. The Bertz CT molecular complexity index is 452. The maximum Gasteiger partial charge on any atom is 0.0765 e. The molecular formula is C16H25ClN2O. The molecule has 0 aromatic heterocycles. The molecule has 1 aliphatic carbocycles. The van der Waals surface area contributed by atoms with Crippen molar-refractivity contribution in [1.29, 1.82) is 0 Å². The minimum absolute atomic E-state index is 0.573. The molecule has 0 aliphatic heterocycles. The van der Waals surface area contributed by atoms with Crippen molar-refractivity contribution in [3.05, 3.63) is 28.8 Å². The molecule has 1 aromatic carbocycles. The molecular weight excluding hydrogens is 272 g/mol. The van der Waals surface area contributed by atoms with Gasteiger partial charge in [-0.3, -0.25) is 0 Å². The van der Waals surface area contributed by atoms with Crippen LogP contribution in [-0.4, -0.2) is 29.8 Å². The van der Waals surface area contributed by atoms with Gasteiger partial charge in [-0.25, -0.2) is 0 Å². The number of aliphatic hydroxyl groups is 1. The molecule has 4 heteroatoms. The van der Waals surface area contributed by atoms with Crippen molar-refractivity contribution in [2.45, 2.75) is 51.8 Å². The maximum atomic E-state index is 10.1. The van der Waals surface area contributed by atoms with E-state index in [2.05, 4.69) is 23.2 Å². The topological polar surface area (TPSA) is 35.5 Å². The van der Waals surface area contributed by atoms with E-state index in [9.17, 15) is 5.11 Å². The molecule has 2 rings (SSSR count). The van der Waals surface area contributed by atoms with E-state index in [-0.39, 0.29) is 0 Å². The highest BCUT2D eigenvalue weighted by Crippen LogP contribution is 2.31. The van der Waals surface area contributed by atoms with Crippen LogP contribution in [0.1, 0.15) is 39.2 Å². The van der Waals surface area contributed by atoms with Gasteiger partial charge in [0, 0.05) is 25.7 Å². The highest BCUT2D eigenvalue weighted by molar-refractivity contribution is 6.33. The van der Waals surface area contributed by atoms with Crippen LogP contribution in [0.3, 0.4) is 0 Å². The number of hydrogen-bond acceptors (Lipinski definition) is 3. The van der Waals surface area contributed by atoms with Gasteiger partial charge in [0.1, 0.15) is 0 Å². The number of nitrogens with zero attached hydrogens (tertiary/aromatic N) is 1. The first-order valence-corrected chi connectivity index (χ1v) is 7.76. The lowest BCUT2D eigenvalue weighted by atomic mass is 10.1. The molecule has 0 atom stereocenters. The van der Waals surface area contributed by atoms with E-state index < -0.39 is 5.60 Å². The van der Waals surface area contributed by atoms with Gasteiger partial charge < -0.3 is 15.3 Å². The van der Waals surface area contributed by atoms with Gasteiger partial charge in [-0.05, 0) is 45.2 Å². The van der Waals surface area contributed by atoms with Crippen LogP contribution >= 0.6 is 11.6 Å². The lowest BCUT2D eigenvalue weighted by Crippen LogP contribution is -2.39. The molecule has 3 nitrogen and oxygen atoms in total. The molecule has 20 heavy (non-hydrogen) atoms. The van der Waals surface area contributed by atoms with Crippen molar-refractivity contribution in [2.75, 3.05) is 18.0 Å². The normalized spacial score (nSPS) is 15.4. The smallest absolute Gasteiger partial charge is 0.0765 e. The largest absolute Gasteiger partial charge is 0.389 e. The number of likely N-dealkylation sites (N-methyl/N-ethyl adjacent to an activating group) is 1. The van der Waals surface area contributed by atoms with Crippen LogP contribution < -0.4 is 10.2 Å². The standard InChI is InChI=1S/C16H25ClN2O/c1-4-19(11-16(2,3)20)15-12(6-5-7-14(15)17)10-18-13-8-9-13/h5-7,13,18,20H,4,8-11H2,1-3H3. The van der Waals surface area contributed by atoms with E-state index in [0.717, 1.165) is 23.8 Å². The molecule has 112 valence electrons. The summed E-state index contributed by atoms with van der Waals surface area (Å²) in [6.07, 6.45) is 2.55. The van der Waals surface area contributed by atoms with Crippen LogP contribution in [0, 0.1) is 0 Å². The van der Waals surface area contributed by atoms with Crippen LogP contribution in [0.15, 0.2) is 18.2 Å². The first-order valence-electron chi connectivity index (χ1n) is 7.39. The molecule has 0 bridgehead atoms. The molecule has 2 N–H and O–H groups in total. The Hall–Kier alpha value is -0.770. The fraction of sp³-hybridized carbons (Fsp3) is 0.625. The number of hydrogen-bond donors (Lipinski definition) is 2. The highest BCUT2D eigenvalue weighted by Gasteiger charge is 2.23. The van der Waals surface area contributed by atoms with E-state index >= 15 is 0 Å². The second-order valence-corrected chi connectivity index (χ2v) is 6.64. The summed E-state index contributed by atoms with van der Waals surface area (Å²) in [5.41, 5.74) is 1.51. The van der Waals surface area contributed by atoms with Crippen LogP contribution in [0.25, 0.3) is 0 Å². The number of para-hydroxylation sites is 1. The van der Waals surface area contributed by atoms with Crippen molar-refractivity contribution in [3.8, 4) is 0 Å². The molecule has 0 radical (unpaired) electrons. The second-order valence-electron chi connectivity index (χ2n) is 6.23. The predicted octanol–water partition coefficient (Wildman–Crippen LogP) is 3.19. The lowest BCUT2D eigenvalue weighted by Gasteiger charge is -2.32. The fourth-order valence-electron chi connectivity index (χ4n) is 2.41. The number of benzene rings is 1. The Labute approximate surface area is 126 Å². The minimum atomic E-state index is -0.740. The summed E-state index contributed by atoms with van der Waals surface area (Å²) in [5.74, 6) is 0. The Morgan fingerprint density at radius 3 is 2.65 bits per heavy atom. The summed E-state index contributed by atoms with van der Waals surface area (Å²) in [6.45, 7) is 7.98. The quantitative estimate of drug-likeness (QED) is 0.811. The number of nitrogens with one attached hydrogen (secondary N) is 1. The molecule has 0 unspecified atom stereocenters. The van der Waals surface area contributed by atoms with Gasteiger partial charge in [0.15, 0.2) is 0 Å². The Morgan fingerprint density at radius 1 is 1.40 bits per heavy atom. The third-order valence-electron chi connectivity index (χ3n) is 3.50. The lowest BCUT2D eigenvalue weighted by molar-refractivity contribution is 0.0875. The van der Waals surface area contributed by atoms with Crippen molar-refractivity contribution >= 4 is 17.3 Å². The van der Waals surface area contributed by atoms with Gasteiger partial charge in [-0.2, -0.15) is 0 Å². The molecule has 1 aromatic rings. The first kappa shape index (κ1) is 15.6. The summed E-state index contributed by atoms with van der Waals surface area (Å²) in [7, 11) is 0. The molecule has 1 fully saturated rings. The van der Waals surface area contributed by atoms with Gasteiger partial charge >= 0.3 is 0 Å². The number of halogens is 1. The fourth-order valence-corrected chi connectivity index (χ4v) is 2.73. The van der Waals surface area contributed by atoms with E-state index in [1.807, 2.05) is 26.0 Å². The molecule has 0 amide bonds. The molecule has 1 saturated carbocycles. The SMILES string of the molecule is CCN(CC(C)(C)O)c1c(Cl)cccc1CNC1CC1. The Morgan fingerprint density at radius 2 is 2.10 bits per heavy atom. The second kappa shape index (κ2) is 6.33. The van der Waals surface area contributed by atoms with Gasteiger partial charge in [-0.15, -0.1) is 0 Å². The third-order valence-corrected chi connectivity index (χ3v) is 3.81. The van der Waals surface area contributed by atoms with Crippen molar-refractivity contribution in [1.82, 2.24) is 5.32 Å².